The predicted octanol–water partition coefficient (Wildman–Crippen LogP) is 2.89. The number of hydrogen-bond acceptors (Lipinski definition) is 4. The lowest BCUT2D eigenvalue weighted by molar-refractivity contribution is -0.145. The smallest absolute Gasteiger partial charge is 0.344 e. The summed E-state index contributed by atoms with van der Waals surface area (Å²) < 4.78 is 15.4. The van der Waals surface area contributed by atoms with Gasteiger partial charge in [-0.15, -0.1) is 0 Å². The molecule has 0 saturated carbocycles. The third kappa shape index (κ3) is 3.13. The number of carbonyl (C=O) groups excluding carboxylic acids is 1. The highest BCUT2D eigenvalue weighted by Gasteiger charge is 2.05. The average molecular weight is 246 g/mol. The van der Waals surface area contributed by atoms with Crippen LogP contribution in [-0.2, 0) is 9.53 Å². The molecule has 1 aromatic heterocycles. The van der Waals surface area contributed by atoms with Crippen LogP contribution in [0.1, 0.15) is 6.92 Å². The third-order valence-corrected chi connectivity index (χ3v) is 2.30. The van der Waals surface area contributed by atoms with Crippen molar-refractivity contribution in [2.45, 2.75) is 6.92 Å². The molecule has 0 radical (unpaired) electrons. The zero-order valence-corrected chi connectivity index (χ0v) is 10.1. The van der Waals surface area contributed by atoms with E-state index in [1.54, 1.807) is 19.3 Å². The van der Waals surface area contributed by atoms with Gasteiger partial charge in [0.2, 0.25) is 0 Å². The van der Waals surface area contributed by atoms with Crippen molar-refractivity contribution in [1.29, 1.82) is 0 Å². The van der Waals surface area contributed by atoms with Crippen LogP contribution in [0.2, 0.25) is 0 Å². The van der Waals surface area contributed by atoms with Crippen molar-refractivity contribution in [3.63, 3.8) is 0 Å². The summed E-state index contributed by atoms with van der Waals surface area (Å²) in [5, 5.41) is 0. The van der Waals surface area contributed by atoms with E-state index in [0.717, 1.165) is 11.3 Å². The Bertz CT molecular complexity index is 502. The maximum Gasteiger partial charge on any atom is 0.344 e. The lowest BCUT2D eigenvalue weighted by Gasteiger charge is -2.06. The van der Waals surface area contributed by atoms with E-state index in [4.69, 9.17) is 13.9 Å². The van der Waals surface area contributed by atoms with Gasteiger partial charge in [-0.2, -0.15) is 0 Å². The molecule has 0 aliphatic carbocycles. The fraction of sp³-hybridized carbons (Fsp3) is 0.214. The first-order chi connectivity index (χ1) is 8.79. The minimum Gasteiger partial charge on any atom is -0.482 e. The molecule has 0 atom stereocenters. The Morgan fingerprint density at radius 2 is 2.17 bits per heavy atom. The van der Waals surface area contributed by atoms with E-state index in [-0.39, 0.29) is 12.6 Å². The Morgan fingerprint density at radius 1 is 1.28 bits per heavy atom. The molecule has 0 bridgehead atoms. The molecule has 0 aliphatic heterocycles. The van der Waals surface area contributed by atoms with Crippen LogP contribution in [0.25, 0.3) is 11.3 Å². The van der Waals surface area contributed by atoms with Crippen LogP contribution in [0, 0.1) is 0 Å². The van der Waals surface area contributed by atoms with Gasteiger partial charge in [-0.3, -0.25) is 0 Å². The fourth-order valence-electron chi connectivity index (χ4n) is 1.53. The predicted molar refractivity (Wildman–Crippen MR) is 66.3 cm³/mol. The van der Waals surface area contributed by atoms with Crippen LogP contribution in [0.3, 0.4) is 0 Å². The zero-order chi connectivity index (χ0) is 12.8. The maximum absolute atomic E-state index is 11.2. The number of ether oxygens (including phenoxy) is 2. The molecule has 94 valence electrons. The molecule has 0 spiro atoms. The van der Waals surface area contributed by atoms with Gasteiger partial charge in [0.05, 0.1) is 12.9 Å². The second-order valence-corrected chi connectivity index (χ2v) is 3.60. The minimum atomic E-state index is -0.374. The van der Waals surface area contributed by atoms with Crippen LogP contribution >= 0.6 is 0 Å². The highest BCUT2D eigenvalue weighted by molar-refractivity contribution is 5.71. The van der Waals surface area contributed by atoms with Crippen LogP contribution in [0.15, 0.2) is 47.1 Å². The molecule has 0 amide bonds. The van der Waals surface area contributed by atoms with E-state index >= 15 is 0 Å². The number of furan rings is 1. The zero-order valence-electron chi connectivity index (χ0n) is 10.1. The highest BCUT2D eigenvalue weighted by atomic mass is 16.6. The normalized spacial score (nSPS) is 10.1. The summed E-state index contributed by atoms with van der Waals surface area (Å²) in [4.78, 5) is 11.2. The summed E-state index contributed by atoms with van der Waals surface area (Å²) in [6, 6.07) is 11.0. The Morgan fingerprint density at radius 3 is 2.89 bits per heavy atom. The molecule has 2 rings (SSSR count). The first-order valence-corrected chi connectivity index (χ1v) is 5.72. The molecule has 4 heteroatoms. The van der Waals surface area contributed by atoms with Crippen molar-refractivity contribution in [2.75, 3.05) is 13.2 Å². The molecule has 18 heavy (non-hydrogen) atoms. The Hall–Kier alpha value is -2.23. The van der Waals surface area contributed by atoms with E-state index in [9.17, 15) is 4.79 Å². The molecule has 0 N–H and O–H groups in total. The standard InChI is InChI=1S/C14H14O4/c1-2-16-14(15)10-18-12-6-3-5-11(9-12)13-7-4-8-17-13/h3-9H,2,10H2,1H3. The molecule has 0 aliphatic rings. The molecular formula is C14H14O4. The Kier molecular flexibility index (Phi) is 4.02. The van der Waals surface area contributed by atoms with Gasteiger partial charge < -0.3 is 13.9 Å². The van der Waals surface area contributed by atoms with E-state index in [2.05, 4.69) is 0 Å². The molecule has 2 aromatic rings. The Labute approximate surface area is 105 Å². The molecule has 0 fully saturated rings. The van der Waals surface area contributed by atoms with Crippen molar-refractivity contribution < 1.29 is 18.7 Å². The first kappa shape index (κ1) is 12.2. The monoisotopic (exact) mass is 246 g/mol. The van der Waals surface area contributed by atoms with Crippen LogP contribution in [0.5, 0.6) is 5.75 Å². The van der Waals surface area contributed by atoms with Crippen molar-refractivity contribution in [2.24, 2.45) is 0 Å². The summed E-state index contributed by atoms with van der Waals surface area (Å²) in [5.74, 6) is 0.995. The van der Waals surface area contributed by atoms with Crippen molar-refractivity contribution >= 4 is 5.97 Å². The van der Waals surface area contributed by atoms with Crippen molar-refractivity contribution in [1.82, 2.24) is 0 Å². The van der Waals surface area contributed by atoms with Gasteiger partial charge in [0.25, 0.3) is 0 Å². The van der Waals surface area contributed by atoms with E-state index < -0.39 is 0 Å². The van der Waals surface area contributed by atoms with Gasteiger partial charge in [-0.1, -0.05) is 12.1 Å². The fourth-order valence-corrected chi connectivity index (χ4v) is 1.53. The molecule has 1 heterocycles. The lowest BCUT2D eigenvalue weighted by atomic mass is 10.2. The van der Waals surface area contributed by atoms with Gasteiger partial charge in [0, 0.05) is 5.56 Å². The summed E-state index contributed by atoms with van der Waals surface area (Å²) in [6.45, 7) is 2.03. The Balaban J connectivity index is 2.02. The highest BCUT2D eigenvalue weighted by Crippen LogP contribution is 2.24. The summed E-state index contributed by atoms with van der Waals surface area (Å²) in [7, 11) is 0. The minimum absolute atomic E-state index is 0.0878. The van der Waals surface area contributed by atoms with Crippen LogP contribution in [0.4, 0.5) is 0 Å². The van der Waals surface area contributed by atoms with Gasteiger partial charge in [0.1, 0.15) is 11.5 Å². The topological polar surface area (TPSA) is 48.7 Å². The second kappa shape index (κ2) is 5.91. The number of rotatable bonds is 5. The number of esters is 1. The number of benzene rings is 1. The quantitative estimate of drug-likeness (QED) is 0.761. The van der Waals surface area contributed by atoms with Gasteiger partial charge in [0.15, 0.2) is 6.61 Å². The summed E-state index contributed by atoms with van der Waals surface area (Å²) in [5.41, 5.74) is 0.904. The van der Waals surface area contributed by atoms with Crippen molar-refractivity contribution in [3.8, 4) is 17.1 Å². The largest absolute Gasteiger partial charge is 0.482 e. The van der Waals surface area contributed by atoms with E-state index in [1.165, 1.54) is 0 Å². The summed E-state index contributed by atoms with van der Waals surface area (Å²) >= 11 is 0. The van der Waals surface area contributed by atoms with Crippen LogP contribution in [-0.4, -0.2) is 19.2 Å². The molecule has 1 aromatic carbocycles. The van der Waals surface area contributed by atoms with Crippen LogP contribution < -0.4 is 4.74 Å². The van der Waals surface area contributed by atoms with Crippen molar-refractivity contribution in [3.05, 3.63) is 42.7 Å². The van der Waals surface area contributed by atoms with E-state index in [0.29, 0.717) is 12.4 Å². The third-order valence-electron chi connectivity index (χ3n) is 2.30. The maximum atomic E-state index is 11.2. The molecule has 4 nitrogen and oxygen atoms in total. The number of hydrogen-bond donors (Lipinski definition) is 0. The number of carbonyl (C=O) groups is 1. The first-order valence-electron chi connectivity index (χ1n) is 5.72. The summed E-state index contributed by atoms with van der Waals surface area (Å²) in [6.07, 6.45) is 1.61. The molecular weight excluding hydrogens is 232 g/mol. The molecule has 0 unspecified atom stereocenters. The van der Waals surface area contributed by atoms with Gasteiger partial charge >= 0.3 is 5.97 Å². The van der Waals surface area contributed by atoms with Gasteiger partial charge in [-0.25, -0.2) is 4.79 Å². The average Bonchev–Trinajstić information content (AvgIpc) is 2.91. The molecule has 0 saturated heterocycles. The SMILES string of the molecule is CCOC(=O)COc1cccc(-c2ccco2)c1. The van der Waals surface area contributed by atoms with Gasteiger partial charge in [-0.05, 0) is 31.2 Å². The van der Waals surface area contributed by atoms with E-state index in [1.807, 2.05) is 30.3 Å². The lowest BCUT2D eigenvalue weighted by Crippen LogP contribution is -2.14. The second-order valence-electron chi connectivity index (χ2n) is 3.60.